The molecule has 2 aromatic rings. The second-order valence-electron chi connectivity index (χ2n) is 7.54. The van der Waals surface area contributed by atoms with Gasteiger partial charge in [-0.15, -0.1) is 0 Å². The zero-order valence-electron chi connectivity index (χ0n) is 16.6. The van der Waals surface area contributed by atoms with E-state index in [0.29, 0.717) is 13.2 Å². The van der Waals surface area contributed by atoms with Crippen LogP contribution >= 0.6 is 0 Å². The molecule has 7 nitrogen and oxygen atoms in total. The van der Waals surface area contributed by atoms with E-state index in [0.717, 1.165) is 35.6 Å². The molecular formula is C22H25N3O4. The van der Waals surface area contributed by atoms with E-state index in [9.17, 15) is 9.59 Å². The van der Waals surface area contributed by atoms with Crippen molar-refractivity contribution >= 4 is 34.6 Å². The first-order chi connectivity index (χ1) is 14.0. The van der Waals surface area contributed by atoms with Gasteiger partial charge in [0.05, 0.1) is 16.9 Å². The number of carboxylic acids is 1. The van der Waals surface area contributed by atoms with Crippen LogP contribution in [0.3, 0.4) is 0 Å². The molecule has 29 heavy (non-hydrogen) atoms. The number of ether oxygens (including phenoxy) is 1. The van der Waals surface area contributed by atoms with E-state index in [1.54, 1.807) is 29.2 Å². The molecule has 0 aromatic heterocycles. The number of fused-ring (bicyclic) bond motifs is 1. The summed E-state index contributed by atoms with van der Waals surface area (Å²) >= 11 is 0. The van der Waals surface area contributed by atoms with Crippen molar-refractivity contribution in [3.05, 3.63) is 48.0 Å². The second kappa shape index (κ2) is 7.75. The Labute approximate surface area is 169 Å². The minimum absolute atomic E-state index is 0.0916. The van der Waals surface area contributed by atoms with Crippen LogP contribution in [0.4, 0.5) is 22.7 Å². The molecule has 4 rings (SSSR count). The first kappa shape index (κ1) is 19.3. The van der Waals surface area contributed by atoms with Crippen LogP contribution in [0.15, 0.2) is 42.5 Å². The summed E-state index contributed by atoms with van der Waals surface area (Å²) in [6.45, 7) is 3.38. The van der Waals surface area contributed by atoms with E-state index >= 15 is 0 Å². The lowest BCUT2D eigenvalue weighted by molar-refractivity contribution is -0.119. The summed E-state index contributed by atoms with van der Waals surface area (Å²) in [5, 5.41) is 12.4. The molecule has 1 amide bonds. The summed E-state index contributed by atoms with van der Waals surface area (Å²) < 4.78 is 5.51. The summed E-state index contributed by atoms with van der Waals surface area (Å²) in [4.78, 5) is 27.8. The number of aromatic carboxylic acids is 1. The molecular weight excluding hydrogens is 370 g/mol. The first-order valence-corrected chi connectivity index (χ1v) is 9.84. The van der Waals surface area contributed by atoms with Crippen LogP contribution < -0.4 is 15.1 Å². The molecule has 1 atom stereocenters. The van der Waals surface area contributed by atoms with Gasteiger partial charge in [-0.25, -0.2) is 4.79 Å². The maximum absolute atomic E-state index is 12.8. The molecule has 0 radical (unpaired) electrons. The summed E-state index contributed by atoms with van der Waals surface area (Å²) in [5.41, 5.74) is 3.87. The highest BCUT2D eigenvalue weighted by Gasteiger charge is 2.37. The Balaban J connectivity index is 1.66. The molecule has 0 saturated carbocycles. The maximum atomic E-state index is 12.8. The zero-order valence-corrected chi connectivity index (χ0v) is 16.6. The normalized spacial score (nSPS) is 19.8. The van der Waals surface area contributed by atoms with Crippen molar-refractivity contribution in [2.75, 3.05) is 35.4 Å². The average molecular weight is 395 g/mol. The molecule has 2 N–H and O–H groups in total. The Bertz CT molecular complexity index is 922. The maximum Gasteiger partial charge on any atom is 0.335 e. The molecule has 1 saturated heterocycles. The fourth-order valence-corrected chi connectivity index (χ4v) is 4.16. The summed E-state index contributed by atoms with van der Waals surface area (Å²) in [6, 6.07) is 12.6. The molecule has 2 aliphatic rings. The third-order valence-electron chi connectivity index (χ3n) is 5.72. The van der Waals surface area contributed by atoms with E-state index < -0.39 is 5.97 Å². The van der Waals surface area contributed by atoms with Crippen molar-refractivity contribution in [2.45, 2.75) is 31.8 Å². The van der Waals surface area contributed by atoms with E-state index in [1.807, 2.05) is 26.1 Å². The van der Waals surface area contributed by atoms with Crippen LogP contribution in [0.2, 0.25) is 0 Å². The van der Waals surface area contributed by atoms with Gasteiger partial charge in [0.1, 0.15) is 6.04 Å². The van der Waals surface area contributed by atoms with Gasteiger partial charge >= 0.3 is 5.97 Å². The predicted octanol–water partition coefficient (Wildman–Crippen LogP) is 3.48. The van der Waals surface area contributed by atoms with Crippen LogP contribution in [-0.4, -0.2) is 49.3 Å². The number of hydrogen-bond acceptors (Lipinski definition) is 5. The van der Waals surface area contributed by atoms with Crippen LogP contribution in [0.1, 0.15) is 30.1 Å². The third kappa shape index (κ3) is 3.65. The Kier molecular flexibility index (Phi) is 5.15. The lowest BCUT2D eigenvalue weighted by Gasteiger charge is -2.45. The number of benzene rings is 2. The van der Waals surface area contributed by atoms with Crippen LogP contribution in [0.25, 0.3) is 0 Å². The quantitative estimate of drug-likeness (QED) is 0.825. The van der Waals surface area contributed by atoms with Crippen molar-refractivity contribution in [3.63, 3.8) is 0 Å². The highest BCUT2D eigenvalue weighted by molar-refractivity contribution is 6.05. The number of amides is 1. The van der Waals surface area contributed by atoms with Gasteiger partial charge in [0.25, 0.3) is 0 Å². The molecule has 7 heteroatoms. The number of hydrogen-bond donors (Lipinski definition) is 2. The highest BCUT2D eigenvalue weighted by atomic mass is 16.5. The Morgan fingerprint density at radius 3 is 2.38 bits per heavy atom. The van der Waals surface area contributed by atoms with Crippen molar-refractivity contribution < 1.29 is 19.4 Å². The topological polar surface area (TPSA) is 82.1 Å². The van der Waals surface area contributed by atoms with Gasteiger partial charge in [-0.1, -0.05) is 0 Å². The van der Waals surface area contributed by atoms with Crippen LogP contribution in [0, 0.1) is 0 Å². The fourth-order valence-electron chi connectivity index (χ4n) is 4.16. The number of carbonyl (C=O) groups is 2. The molecule has 1 fully saturated rings. The van der Waals surface area contributed by atoms with Gasteiger partial charge in [-0.05, 0) is 62.2 Å². The number of rotatable bonds is 4. The van der Waals surface area contributed by atoms with Gasteiger partial charge in [0.15, 0.2) is 0 Å². The Morgan fingerprint density at radius 1 is 1.07 bits per heavy atom. The molecule has 0 spiro atoms. The predicted molar refractivity (Wildman–Crippen MR) is 112 cm³/mol. The van der Waals surface area contributed by atoms with Crippen molar-refractivity contribution in [2.24, 2.45) is 0 Å². The highest BCUT2D eigenvalue weighted by Crippen LogP contribution is 2.40. The third-order valence-corrected chi connectivity index (χ3v) is 5.72. The van der Waals surface area contributed by atoms with Gasteiger partial charge in [-0.3, -0.25) is 4.79 Å². The van der Waals surface area contributed by atoms with E-state index in [-0.39, 0.29) is 23.6 Å². The standard InChI is InChI=1S/C22H25N3O4/c1-14-21(26)24(2)19-8-7-17(23-16-5-3-15(4-6-16)22(27)28)13-20(19)25(14)18-9-11-29-12-10-18/h3-8,13-14,18,23H,9-12H2,1-2H3,(H,27,28)/t14-/m1/s1. The minimum Gasteiger partial charge on any atom is -0.478 e. The lowest BCUT2D eigenvalue weighted by Crippen LogP contribution is -2.55. The number of likely N-dealkylation sites (N-methyl/N-ethyl adjacent to an activating group) is 1. The van der Waals surface area contributed by atoms with Crippen LogP contribution in [-0.2, 0) is 9.53 Å². The molecule has 0 unspecified atom stereocenters. The summed E-state index contributed by atoms with van der Waals surface area (Å²) in [7, 11) is 1.82. The number of nitrogens with one attached hydrogen (secondary N) is 1. The van der Waals surface area contributed by atoms with Crippen molar-refractivity contribution in [1.29, 1.82) is 0 Å². The lowest BCUT2D eigenvalue weighted by atomic mass is 9.99. The first-order valence-electron chi connectivity index (χ1n) is 9.84. The fraction of sp³-hybridized carbons (Fsp3) is 0.364. The number of anilines is 4. The van der Waals surface area contributed by atoms with E-state index in [1.165, 1.54) is 0 Å². The molecule has 0 bridgehead atoms. The largest absolute Gasteiger partial charge is 0.478 e. The van der Waals surface area contributed by atoms with Gasteiger partial charge in [0.2, 0.25) is 5.91 Å². The summed E-state index contributed by atoms with van der Waals surface area (Å²) in [5.74, 6) is -0.854. The molecule has 2 aromatic carbocycles. The van der Waals surface area contributed by atoms with Gasteiger partial charge in [-0.2, -0.15) is 0 Å². The zero-order chi connectivity index (χ0) is 20.5. The Hall–Kier alpha value is -3.06. The smallest absolute Gasteiger partial charge is 0.335 e. The average Bonchev–Trinajstić information content (AvgIpc) is 2.73. The number of nitrogens with zero attached hydrogens (tertiary/aromatic N) is 2. The van der Waals surface area contributed by atoms with Gasteiger partial charge in [0, 0.05) is 37.7 Å². The monoisotopic (exact) mass is 395 g/mol. The van der Waals surface area contributed by atoms with Crippen molar-refractivity contribution in [3.8, 4) is 0 Å². The second-order valence-corrected chi connectivity index (χ2v) is 7.54. The number of carbonyl (C=O) groups excluding carboxylic acids is 1. The molecule has 2 aliphatic heterocycles. The van der Waals surface area contributed by atoms with E-state index in [2.05, 4.69) is 16.3 Å². The summed E-state index contributed by atoms with van der Waals surface area (Å²) in [6.07, 6.45) is 1.80. The van der Waals surface area contributed by atoms with Crippen molar-refractivity contribution in [1.82, 2.24) is 0 Å². The van der Waals surface area contributed by atoms with E-state index in [4.69, 9.17) is 9.84 Å². The van der Waals surface area contributed by atoms with Crippen LogP contribution in [0.5, 0.6) is 0 Å². The van der Waals surface area contributed by atoms with Gasteiger partial charge < -0.3 is 25.0 Å². The Morgan fingerprint density at radius 2 is 1.72 bits per heavy atom. The molecule has 0 aliphatic carbocycles. The number of carboxylic acid groups (broad SMARTS) is 1. The molecule has 2 heterocycles. The molecule has 152 valence electrons. The minimum atomic E-state index is -0.945. The SMILES string of the molecule is C[C@@H]1C(=O)N(C)c2ccc(Nc3ccc(C(=O)O)cc3)cc2N1C1CCOCC1.